The van der Waals surface area contributed by atoms with Crippen LogP contribution in [0.15, 0.2) is 249 Å². The molecule has 0 aromatic heterocycles. The van der Waals surface area contributed by atoms with Crippen LogP contribution in [0.4, 0.5) is 17.1 Å². The van der Waals surface area contributed by atoms with Crippen molar-refractivity contribution in [2.75, 3.05) is 4.90 Å². The number of benzene rings is 11. The summed E-state index contributed by atoms with van der Waals surface area (Å²) in [5.41, 5.74) is 15.7. The molecule has 1 heteroatoms. The number of anilines is 3. The lowest BCUT2D eigenvalue weighted by Crippen LogP contribution is -2.28. The maximum Gasteiger partial charge on any atom is 0.0713 e. The van der Waals surface area contributed by atoms with Gasteiger partial charge in [0.15, 0.2) is 0 Å². The summed E-state index contributed by atoms with van der Waals surface area (Å²) < 4.78 is 0. The molecule has 12 rings (SSSR count). The average molecular weight is 788 g/mol. The molecule has 11 aromatic rings. The van der Waals surface area contributed by atoms with E-state index in [9.17, 15) is 0 Å². The summed E-state index contributed by atoms with van der Waals surface area (Å²) in [6.07, 6.45) is 0. The predicted molar refractivity (Wildman–Crippen MR) is 262 cm³/mol. The zero-order valence-corrected chi connectivity index (χ0v) is 34.1. The second-order valence-electron chi connectivity index (χ2n) is 16.3. The number of rotatable bonds is 7. The lowest BCUT2D eigenvalue weighted by atomic mass is 9.67. The van der Waals surface area contributed by atoms with Crippen molar-refractivity contribution in [1.82, 2.24) is 0 Å². The van der Waals surface area contributed by atoms with Crippen molar-refractivity contribution in [1.29, 1.82) is 0 Å². The normalized spacial score (nSPS) is 12.6. The Balaban J connectivity index is 1.15. The minimum atomic E-state index is -0.482. The summed E-state index contributed by atoms with van der Waals surface area (Å²) in [7, 11) is 0. The Morgan fingerprint density at radius 3 is 1.19 bits per heavy atom. The third-order valence-corrected chi connectivity index (χ3v) is 13.1. The fraction of sp³-hybridized carbons (Fsp3) is 0.0164. The number of hydrogen-bond donors (Lipinski definition) is 0. The zero-order valence-electron chi connectivity index (χ0n) is 34.1. The van der Waals surface area contributed by atoms with E-state index >= 15 is 0 Å². The molecule has 0 atom stereocenters. The zero-order chi connectivity index (χ0) is 41.0. The van der Waals surface area contributed by atoms with Crippen LogP contribution in [0.25, 0.3) is 65.7 Å². The third-order valence-electron chi connectivity index (χ3n) is 13.1. The van der Waals surface area contributed by atoms with Gasteiger partial charge in [-0.3, -0.25) is 0 Å². The highest BCUT2D eigenvalue weighted by Gasteiger charge is 2.47. The molecule has 1 aliphatic carbocycles. The van der Waals surface area contributed by atoms with Crippen molar-refractivity contribution < 1.29 is 0 Å². The molecule has 1 aliphatic rings. The van der Waals surface area contributed by atoms with Crippen LogP contribution < -0.4 is 4.90 Å². The molecule has 0 spiro atoms. The standard InChI is InChI=1S/C61H41N/c1-5-22-42(23-6-1)61(43-24-7-2-8-25-43)55-38-20-19-36-53(55)60-54(37-21-39-56(60)61)59-50-34-17-15-32-48(50)58(49-33-16-18-35-51(49)59)52-40-41-57(47-31-14-13-30-46(47)52)62(44-26-9-3-10-27-44)45-28-11-4-12-29-45/h1-41H. The van der Waals surface area contributed by atoms with E-state index in [1.54, 1.807) is 0 Å². The molecule has 0 bridgehead atoms. The molecule has 0 radical (unpaired) electrons. The Hall–Kier alpha value is -8.00. The van der Waals surface area contributed by atoms with E-state index in [0.29, 0.717) is 0 Å². The number of fused-ring (bicyclic) bond motifs is 6. The van der Waals surface area contributed by atoms with Gasteiger partial charge >= 0.3 is 0 Å². The minimum Gasteiger partial charge on any atom is -0.310 e. The summed E-state index contributed by atoms with van der Waals surface area (Å²) in [5, 5.41) is 7.38. The van der Waals surface area contributed by atoms with Gasteiger partial charge in [0.1, 0.15) is 0 Å². The molecule has 290 valence electrons. The summed E-state index contributed by atoms with van der Waals surface area (Å²) in [6.45, 7) is 0. The molecular formula is C61H41N. The van der Waals surface area contributed by atoms with Gasteiger partial charge in [0.05, 0.1) is 11.1 Å². The Bertz CT molecular complexity index is 3310. The number of nitrogens with zero attached hydrogens (tertiary/aromatic N) is 1. The first-order valence-corrected chi connectivity index (χ1v) is 21.5. The maximum atomic E-state index is 2.38. The van der Waals surface area contributed by atoms with Gasteiger partial charge in [-0.2, -0.15) is 0 Å². The first-order chi connectivity index (χ1) is 30.8. The first kappa shape index (κ1) is 35.9. The highest BCUT2D eigenvalue weighted by molar-refractivity contribution is 6.25. The van der Waals surface area contributed by atoms with E-state index in [0.717, 1.165) is 17.1 Å². The van der Waals surface area contributed by atoms with Crippen LogP contribution in [0.3, 0.4) is 0 Å². The summed E-state index contributed by atoms with van der Waals surface area (Å²) in [6, 6.07) is 91.5. The van der Waals surface area contributed by atoms with Gasteiger partial charge < -0.3 is 4.90 Å². The van der Waals surface area contributed by atoms with Crippen LogP contribution in [0.1, 0.15) is 22.3 Å². The predicted octanol–water partition coefficient (Wildman–Crippen LogP) is 16.3. The van der Waals surface area contributed by atoms with E-state index in [-0.39, 0.29) is 0 Å². The lowest BCUT2D eigenvalue weighted by Gasteiger charge is -2.34. The van der Waals surface area contributed by atoms with Crippen molar-refractivity contribution in [2.24, 2.45) is 0 Å². The molecule has 0 N–H and O–H groups in total. The van der Waals surface area contributed by atoms with E-state index < -0.39 is 5.41 Å². The molecule has 11 aromatic carbocycles. The lowest BCUT2D eigenvalue weighted by molar-refractivity contribution is 0.768. The largest absolute Gasteiger partial charge is 0.310 e. The Kier molecular flexibility index (Phi) is 8.47. The summed E-state index contributed by atoms with van der Waals surface area (Å²) >= 11 is 0. The second kappa shape index (κ2) is 14.6. The number of hydrogen-bond acceptors (Lipinski definition) is 1. The van der Waals surface area contributed by atoms with E-state index in [1.807, 2.05) is 0 Å². The van der Waals surface area contributed by atoms with Gasteiger partial charge in [-0.05, 0) is 113 Å². The number of para-hydroxylation sites is 2. The van der Waals surface area contributed by atoms with Crippen LogP contribution >= 0.6 is 0 Å². The van der Waals surface area contributed by atoms with Gasteiger partial charge in [0.25, 0.3) is 0 Å². The van der Waals surface area contributed by atoms with Crippen molar-refractivity contribution in [3.63, 3.8) is 0 Å². The van der Waals surface area contributed by atoms with Gasteiger partial charge in [-0.1, -0.05) is 218 Å². The van der Waals surface area contributed by atoms with Crippen molar-refractivity contribution in [2.45, 2.75) is 5.41 Å². The smallest absolute Gasteiger partial charge is 0.0713 e. The van der Waals surface area contributed by atoms with Gasteiger partial charge in [0.2, 0.25) is 0 Å². The minimum absolute atomic E-state index is 0.482. The van der Waals surface area contributed by atoms with Crippen molar-refractivity contribution in [3.05, 3.63) is 271 Å². The molecular weight excluding hydrogens is 747 g/mol. The van der Waals surface area contributed by atoms with Crippen molar-refractivity contribution in [3.8, 4) is 33.4 Å². The van der Waals surface area contributed by atoms with Crippen LogP contribution in [0.2, 0.25) is 0 Å². The molecule has 0 amide bonds. The molecule has 0 heterocycles. The maximum absolute atomic E-state index is 2.38. The Morgan fingerprint density at radius 2 is 0.645 bits per heavy atom. The van der Waals surface area contributed by atoms with E-state index in [1.165, 1.54) is 88.0 Å². The highest BCUT2D eigenvalue weighted by atomic mass is 15.1. The first-order valence-electron chi connectivity index (χ1n) is 21.5. The van der Waals surface area contributed by atoms with Gasteiger partial charge in [-0.15, -0.1) is 0 Å². The third kappa shape index (κ3) is 5.35. The topological polar surface area (TPSA) is 3.24 Å². The molecule has 0 unspecified atom stereocenters. The summed E-state index contributed by atoms with van der Waals surface area (Å²) in [4.78, 5) is 2.38. The van der Waals surface area contributed by atoms with Crippen LogP contribution in [-0.2, 0) is 5.41 Å². The van der Waals surface area contributed by atoms with Crippen molar-refractivity contribution >= 4 is 49.4 Å². The van der Waals surface area contributed by atoms with Gasteiger partial charge in [0, 0.05) is 16.8 Å². The second-order valence-corrected chi connectivity index (χ2v) is 16.3. The van der Waals surface area contributed by atoms with Crippen LogP contribution in [0.5, 0.6) is 0 Å². The monoisotopic (exact) mass is 787 g/mol. The van der Waals surface area contributed by atoms with Crippen LogP contribution in [-0.4, -0.2) is 0 Å². The molecule has 0 aliphatic heterocycles. The highest BCUT2D eigenvalue weighted by Crippen LogP contribution is 2.59. The fourth-order valence-corrected chi connectivity index (χ4v) is 10.7. The Labute approximate surface area is 362 Å². The molecule has 1 nitrogen and oxygen atoms in total. The van der Waals surface area contributed by atoms with E-state index in [2.05, 4.69) is 254 Å². The Morgan fingerprint density at radius 1 is 0.242 bits per heavy atom. The average Bonchev–Trinajstić information content (AvgIpc) is 3.66. The SMILES string of the molecule is c1ccc(N(c2ccccc2)c2ccc(-c3c4ccccc4c(-c4cccc5c4-c4ccccc4C5(c4ccccc4)c4ccccc4)c4ccccc34)c3ccccc23)cc1. The molecule has 0 saturated heterocycles. The van der Waals surface area contributed by atoms with Gasteiger partial charge in [-0.25, -0.2) is 0 Å². The van der Waals surface area contributed by atoms with Crippen LogP contribution in [0, 0.1) is 0 Å². The molecule has 62 heavy (non-hydrogen) atoms. The fourth-order valence-electron chi connectivity index (χ4n) is 10.7. The molecule has 0 saturated carbocycles. The quantitative estimate of drug-likeness (QED) is 0.145. The summed E-state index contributed by atoms with van der Waals surface area (Å²) in [5.74, 6) is 0. The molecule has 0 fully saturated rings. The van der Waals surface area contributed by atoms with E-state index in [4.69, 9.17) is 0 Å².